The average Bonchev–Trinajstić information content (AvgIpc) is 2.19. The molecule has 1 aliphatic carbocycles. The fraction of sp³-hybridized carbons (Fsp3) is 0.923. The van der Waals surface area contributed by atoms with Crippen molar-refractivity contribution in [1.82, 2.24) is 0 Å². The molecule has 0 aromatic carbocycles. The molecule has 1 atom stereocenters. The molecule has 0 aliphatic heterocycles. The lowest BCUT2D eigenvalue weighted by molar-refractivity contribution is -0.125. The molecule has 1 heteroatoms. The molecule has 0 radical (unpaired) electrons. The minimum atomic E-state index is 0.356. The van der Waals surface area contributed by atoms with Gasteiger partial charge in [0.1, 0.15) is 5.78 Å². The zero-order valence-corrected chi connectivity index (χ0v) is 10.5. The summed E-state index contributed by atoms with van der Waals surface area (Å²) in [5, 5.41) is 0. The van der Waals surface area contributed by atoms with E-state index in [1.165, 1.54) is 19.3 Å². The van der Waals surface area contributed by atoms with Crippen LogP contribution < -0.4 is 0 Å². The molecule has 1 unspecified atom stereocenters. The van der Waals surface area contributed by atoms with Crippen molar-refractivity contribution in [1.29, 1.82) is 0 Å². The molecule has 84 valence electrons. The van der Waals surface area contributed by atoms with E-state index in [1.807, 2.05) is 13.8 Å². The van der Waals surface area contributed by atoms with Crippen molar-refractivity contribution in [3.8, 4) is 0 Å². The van der Waals surface area contributed by atoms with Crippen LogP contribution in [-0.4, -0.2) is 5.78 Å². The molecular formula is C13H26O. The van der Waals surface area contributed by atoms with Crippen molar-refractivity contribution in [2.24, 2.45) is 11.3 Å². The Kier molecular flexibility index (Phi) is 6.06. The quantitative estimate of drug-likeness (QED) is 0.649. The monoisotopic (exact) mass is 198 g/mol. The summed E-state index contributed by atoms with van der Waals surface area (Å²) in [6.45, 7) is 10.6. The second-order valence-electron chi connectivity index (χ2n) is 4.44. The summed E-state index contributed by atoms with van der Waals surface area (Å²) in [5.74, 6) is 1.10. The second-order valence-corrected chi connectivity index (χ2v) is 4.44. The number of rotatable bonds is 2. The van der Waals surface area contributed by atoms with Gasteiger partial charge in [0.2, 0.25) is 0 Å². The Bertz CT molecular complexity index is 168. The minimum absolute atomic E-state index is 0.356. The zero-order chi connectivity index (χ0) is 11.2. The Morgan fingerprint density at radius 3 is 2.14 bits per heavy atom. The molecule has 0 spiro atoms. The third-order valence-electron chi connectivity index (χ3n) is 3.43. The Morgan fingerprint density at radius 2 is 1.79 bits per heavy atom. The maximum absolute atomic E-state index is 11.4. The van der Waals surface area contributed by atoms with Gasteiger partial charge in [-0.25, -0.2) is 0 Å². The number of hydrogen-bond donors (Lipinski definition) is 0. The van der Waals surface area contributed by atoms with E-state index in [9.17, 15) is 4.79 Å². The average molecular weight is 198 g/mol. The topological polar surface area (TPSA) is 17.1 Å². The van der Waals surface area contributed by atoms with Crippen LogP contribution >= 0.6 is 0 Å². The SMILES string of the molecule is CC.CCC1(CC)CC(=O)CC(C)C1. The fourth-order valence-electron chi connectivity index (χ4n) is 2.55. The predicted molar refractivity (Wildman–Crippen MR) is 62.4 cm³/mol. The van der Waals surface area contributed by atoms with Crippen LogP contribution in [0.4, 0.5) is 0 Å². The van der Waals surface area contributed by atoms with Crippen LogP contribution in [0.1, 0.15) is 66.7 Å². The number of carbonyl (C=O) groups excluding carboxylic acids is 1. The summed E-state index contributed by atoms with van der Waals surface area (Å²) >= 11 is 0. The lowest BCUT2D eigenvalue weighted by Gasteiger charge is -2.37. The van der Waals surface area contributed by atoms with Gasteiger partial charge >= 0.3 is 0 Å². The first-order valence-corrected chi connectivity index (χ1v) is 6.13. The highest BCUT2D eigenvalue weighted by Crippen LogP contribution is 2.42. The summed E-state index contributed by atoms with van der Waals surface area (Å²) in [6, 6.07) is 0. The first-order chi connectivity index (χ1) is 6.62. The highest BCUT2D eigenvalue weighted by Gasteiger charge is 2.35. The highest BCUT2D eigenvalue weighted by molar-refractivity contribution is 5.80. The van der Waals surface area contributed by atoms with E-state index in [2.05, 4.69) is 20.8 Å². The molecule has 1 nitrogen and oxygen atoms in total. The van der Waals surface area contributed by atoms with Crippen LogP contribution in [0, 0.1) is 11.3 Å². The van der Waals surface area contributed by atoms with E-state index < -0.39 is 0 Å². The molecule has 0 aromatic heterocycles. The highest BCUT2D eigenvalue weighted by atomic mass is 16.1. The van der Waals surface area contributed by atoms with Gasteiger partial charge in [0.25, 0.3) is 0 Å². The standard InChI is InChI=1S/C11H20O.C2H6/c1-4-11(5-2)7-9(3)6-10(12)8-11;1-2/h9H,4-8H2,1-3H3;1-2H3. The number of ketones is 1. The van der Waals surface area contributed by atoms with Gasteiger partial charge in [-0.15, -0.1) is 0 Å². The zero-order valence-electron chi connectivity index (χ0n) is 10.5. The van der Waals surface area contributed by atoms with Crippen molar-refractivity contribution in [2.45, 2.75) is 66.7 Å². The maximum Gasteiger partial charge on any atom is 0.133 e. The first kappa shape index (κ1) is 13.7. The van der Waals surface area contributed by atoms with Crippen LogP contribution in [0.3, 0.4) is 0 Å². The van der Waals surface area contributed by atoms with E-state index in [0.717, 1.165) is 12.8 Å². The maximum atomic E-state index is 11.4. The van der Waals surface area contributed by atoms with E-state index in [0.29, 0.717) is 17.1 Å². The van der Waals surface area contributed by atoms with Crippen LogP contribution in [-0.2, 0) is 4.79 Å². The Balaban J connectivity index is 0.000000791. The summed E-state index contributed by atoms with van der Waals surface area (Å²) in [7, 11) is 0. The predicted octanol–water partition coefficient (Wildman–Crippen LogP) is 4.21. The van der Waals surface area contributed by atoms with Gasteiger partial charge in [-0.3, -0.25) is 4.79 Å². The smallest absolute Gasteiger partial charge is 0.133 e. The molecule has 0 saturated heterocycles. The molecule has 0 amide bonds. The fourth-order valence-corrected chi connectivity index (χ4v) is 2.55. The first-order valence-electron chi connectivity index (χ1n) is 6.13. The molecule has 1 rings (SSSR count). The molecule has 1 saturated carbocycles. The van der Waals surface area contributed by atoms with Crippen LogP contribution in [0.5, 0.6) is 0 Å². The molecule has 0 N–H and O–H groups in total. The minimum Gasteiger partial charge on any atom is -0.300 e. The molecule has 14 heavy (non-hydrogen) atoms. The van der Waals surface area contributed by atoms with Crippen molar-refractivity contribution < 1.29 is 4.79 Å². The Labute approximate surface area is 89.3 Å². The molecule has 0 heterocycles. The summed E-state index contributed by atoms with van der Waals surface area (Å²) in [6.07, 6.45) is 5.25. The normalized spacial score (nSPS) is 25.2. The third kappa shape index (κ3) is 3.43. The van der Waals surface area contributed by atoms with Gasteiger partial charge in [-0.2, -0.15) is 0 Å². The van der Waals surface area contributed by atoms with Crippen LogP contribution in [0.25, 0.3) is 0 Å². The van der Waals surface area contributed by atoms with Gasteiger partial charge in [-0.1, -0.05) is 47.5 Å². The lowest BCUT2D eigenvalue weighted by Crippen LogP contribution is -2.31. The Morgan fingerprint density at radius 1 is 1.29 bits per heavy atom. The van der Waals surface area contributed by atoms with Crippen molar-refractivity contribution >= 4 is 5.78 Å². The Hall–Kier alpha value is -0.330. The van der Waals surface area contributed by atoms with Gasteiger partial charge < -0.3 is 0 Å². The second kappa shape index (κ2) is 6.21. The molecular weight excluding hydrogens is 172 g/mol. The lowest BCUT2D eigenvalue weighted by atomic mass is 9.67. The van der Waals surface area contributed by atoms with Crippen molar-refractivity contribution in [3.63, 3.8) is 0 Å². The van der Waals surface area contributed by atoms with Gasteiger partial charge in [0.15, 0.2) is 0 Å². The summed E-state index contributed by atoms with van der Waals surface area (Å²) in [5.41, 5.74) is 0.356. The number of Topliss-reactive ketones (excluding diaryl/α,β-unsaturated/α-hetero) is 1. The number of hydrogen-bond acceptors (Lipinski definition) is 1. The molecule has 0 bridgehead atoms. The van der Waals surface area contributed by atoms with E-state index >= 15 is 0 Å². The molecule has 1 aliphatic rings. The van der Waals surface area contributed by atoms with Gasteiger partial charge in [0.05, 0.1) is 0 Å². The molecule has 0 aromatic rings. The van der Waals surface area contributed by atoms with Crippen molar-refractivity contribution in [3.05, 3.63) is 0 Å². The van der Waals surface area contributed by atoms with E-state index in [1.54, 1.807) is 0 Å². The van der Waals surface area contributed by atoms with Gasteiger partial charge in [0, 0.05) is 12.8 Å². The van der Waals surface area contributed by atoms with E-state index in [4.69, 9.17) is 0 Å². The van der Waals surface area contributed by atoms with Crippen LogP contribution in [0.2, 0.25) is 0 Å². The summed E-state index contributed by atoms with van der Waals surface area (Å²) < 4.78 is 0. The largest absolute Gasteiger partial charge is 0.300 e. The third-order valence-corrected chi connectivity index (χ3v) is 3.43. The van der Waals surface area contributed by atoms with E-state index in [-0.39, 0.29) is 0 Å². The number of carbonyl (C=O) groups is 1. The van der Waals surface area contributed by atoms with Crippen molar-refractivity contribution in [2.75, 3.05) is 0 Å². The summed E-state index contributed by atoms with van der Waals surface area (Å²) in [4.78, 5) is 11.4. The van der Waals surface area contributed by atoms with Crippen LogP contribution in [0.15, 0.2) is 0 Å². The molecule has 1 fully saturated rings. The van der Waals surface area contributed by atoms with Gasteiger partial charge in [-0.05, 0) is 17.8 Å².